The summed E-state index contributed by atoms with van der Waals surface area (Å²) in [4.78, 5) is 10.6. The van der Waals surface area contributed by atoms with Gasteiger partial charge < -0.3 is 14.2 Å². The maximum absolute atomic E-state index is 5.46. The topological polar surface area (TPSA) is 52.9 Å². The van der Waals surface area contributed by atoms with Gasteiger partial charge in [0.25, 0.3) is 0 Å². The van der Waals surface area contributed by atoms with Crippen molar-refractivity contribution in [1.82, 2.24) is 4.98 Å². The van der Waals surface area contributed by atoms with Gasteiger partial charge in [0.05, 0.1) is 27.0 Å². The largest absolute Gasteiger partial charge is 0.497 e. The quantitative estimate of drug-likeness (QED) is 0.603. The number of para-hydroxylation sites is 1. The van der Waals surface area contributed by atoms with E-state index in [4.69, 9.17) is 19.2 Å². The molecule has 0 fully saturated rings. The highest BCUT2D eigenvalue weighted by Crippen LogP contribution is 2.40. The minimum atomic E-state index is 0.667. The summed E-state index contributed by atoms with van der Waals surface area (Å²) in [5.74, 6) is 2.20. The van der Waals surface area contributed by atoms with E-state index in [1.165, 1.54) is 10.4 Å². The van der Waals surface area contributed by atoms with Gasteiger partial charge in [-0.2, -0.15) is 0 Å². The molecule has 1 aromatic heterocycles. The molecule has 3 aromatic rings. The van der Waals surface area contributed by atoms with E-state index in [0.29, 0.717) is 11.5 Å². The zero-order valence-corrected chi connectivity index (χ0v) is 16.3. The maximum Gasteiger partial charge on any atom is 0.209 e. The molecule has 4 rings (SSSR count). The predicted molar refractivity (Wildman–Crippen MR) is 108 cm³/mol. The predicted octanol–water partition coefficient (Wildman–Crippen LogP) is 4.69. The molecule has 0 radical (unpaired) electrons. The van der Waals surface area contributed by atoms with Crippen molar-refractivity contribution in [3.05, 3.63) is 52.4 Å². The van der Waals surface area contributed by atoms with Crippen LogP contribution >= 0.6 is 11.3 Å². The van der Waals surface area contributed by atoms with Gasteiger partial charge in [-0.15, -0.1) is 0 Å². The number of aliphatic imine (C=N–C) groups is 1. The molecule has 0 unspecified atom stereocenters. The number of ether oxygens (including phenoxy) is 3. The third-order valence-electron chi connectivity index (χ3n) is 4.63. The molecule has 2 aromatic carbocycles. The summed E-state index contributed by atoms with van der Waals surface area (Å²) in [7, 11) is 4.94. The number of benzene rings is 2. The van der Waals surface area contributed by atoms with Gasteiger partial charge in [-0.1, -0.05) is 23.5 Å². The van der Waals surface area contributed by atoms with Crippen LogP contribution in [0.3, 0.4) is 0 Å². The second-order valence-electron chi connectivity index (χ2n) is 6.13. The molecule has 0 bridgehead atoms. The molecular weight excluding hydrogens is 360 g/mol. The van der Waals surface area contributed by atoms with Crippen LogP contribution in [0.5, 0.6) is 17.2 Å². The van der Waals surface area contributed by atoms with E-state index < -0.39 is 0 Å². The van der Waals surface area contributed by atoms with Crippen molar-refractivity contribution in [1.29, 1.82) is 0 Å². The average molecular weight is 380 g/mol. The molecular formula is C21H20N2O3S. The summed E-state index contributed by atoms with van der Waals surface area (Å²) in [6.45, 7) is 0. The first kappa shape index (κ1) is 17.5. The normalized spacial score (nSPS) is 12.6. The Labute approximate surface area is 162 Å². The molecule has 0 saturated carbocycles. The van der Waals surface area contributed by atoms with Gasteiger partial charge in [0.1, 0.15) is 5.75 Å². The summed E-state index contributed by atoms with van der Waals surface area (Å²) in [6, 6.07) is 11.9. The van der Waals surface area contributed by atoms with E-state index in [1.54, 1.807) is 38.9 Å². The minimum absolute atomic E-state index is 0.667. The molecule has 0 N–H and O–H groups in total. The summed E-state index contributed by atoms with van der Waals surface area (Å²) in [5, 5.41) is 0.737. The Hall–Kier alpha value is -2.86. The van der Waals surface area contributed by atoms with Crippen molar-refractivity contribution >= 4 is 22.7 Å². The van der Waals surface area contributed by atoms with E-state index in [2.05, 4.69) is 17.1 Å². The van der Waals surface area contributed by atoms with E-state index in [9.17, 15) is 0 Å². The van der Waals surface area contributed by atoms with Crippen LogP contribution in [0.4, 0.5) is 5.13 Å². The van der Waals surface area contributed by atoms with Gasteiger partial charge in [0.15, 0.2) is 11.5 Å². The smallest absolute Gasteiger partial charge is 0.209 e. The molecule has 27 heavy (non-hydrogen) atoms. The SMILES string of the molecule is COc1ccc2c(c1)-c1nc(N=Cc3cccc(OC)c3OC)sc1CC2. The number of aromatic nitrogens is 1. The monoisotopic (exact) mass is 380 g/mol. The third-order valence-corrected chi connectivity index (χ3v) is 5.65. The molecule has 6 heteroatoms. The average Bonchev–Trinajstić information content (AvgIpc) is 3.15. The van der Waals surface area contributed by atoms with Crippen LogP contribution in [0.25, 0.3) is 11.3 Å². The molecule has 0 aliphatic heterocycles. The van der Waals surface area contributed by atoms with Gasteiger partial charge in [0.2, 0.25) is 5.13 Å². The first-order valence-corrected chi connectivity index (χ1v) is 9.47. The van der Waals surface area contributed by atoms with Crippen LogP contribution < -0.4 is 14.2 Å². The fourth-order valence-corrected chi connectivity index (χ4v) is 4.20. The lowest BCUT2D eigenvalue weighted by molar-refractivity contribution is 0.354. The Morgan fingerprint density at radius 1 is 1.04 bits per heavy atom. The highest BCUT2D eigenvalue weighted by Gasteiger charge is 2.21. The minimum Gasteiger partial charge on any atom is -0.497 e. The lowest BCUT2D eigenvalue weighted by Crippen LogP contribution is -2.02. The highest BCUT2D eigenvalue weighted by molar-refractivity contribution is 7.15. The van der Waals surface area contributed by atoms with Crippen molar-refractivity contribution in [2.75, 3.05) is 21.3 Å². The van der Waals surface area contributed by atoms with Gasteiger partial charge in [-0.05, 0) is 42.7 Å². The standard InChI is InChI=1S/C21H20N2O3S/c1-24-15-9-7-13-8-10-18-19(16(13)11-15)23-21(27-18)22-12-14-5-4-6-17(25-2)20(14)26-3/h4-7,9,11-12H,8,10H2,1-3H3. The number of methoxy groups -OCH3 is 3. The lowest BCUT2D eigenvalue weighted by atomic mass is 9.93. The van der Waals surface area contributed by atoms with E-state index >= 15 is 0 Å². The lowest BCUT2D eigenvalue weighted by Gasteiger charge is -2.15. The Kier molecular flexibility index (Phi) is 4.81. The molecule has 0 atom stereocenters. The Bertz CT molecular complexity index is 1010. The van der Waals surface area contributed by atoms with Crippen molar-refractivity contribution in [2.24, 2.45) is 4.99 Å². The number of nitrogens with zero attached hydrogens (tertiary/aromatic N) is 2. The number of thiazole rings is 1. The molecule has 0 amide bonds. The Morgan fingerprint density at radius 2 is 1.93 bits per heavy atom. The van der Waals surface area contributed by atoms with Gasteiger partial charge >= 0.3 is 0 Å². The molecule has 0 saturated heterocycles. The van der Waals surface area contributed by atoms with Crippen LogP contribution in [-0.4, -0.2) is 32.5 Å². The zero-order chi connectivity index (χ0) is 18.8. The number of fused-ring (bicyclic) bond motifs is 3. The molecule has 1 heterocycles. The van der Waals surface area contributed by atoms with E-state index in [0.717, 1.165) is 40.5 Å². The third kappa shape index (κ3) is 3.28. The second kappa shape index (κ2) is 7.40. The van der Waals surface area contributed by atoms with Crippen molar-refractivity contribution in [3.63, 3.8) is 0 Å². The van der Waals surface area contributed by atoms with Crippen LogP contribution in [0, 0.1) is 0 Å². The van der Waals surface area contributed by atoms with Crippen molar-refractivity contribution in [2.45, 2.75) is 12.8 Å². The van der Waals surface area contributed by atoms with Crippen LogP contribution in [0.2, 0.25) is 0 Å². The number of hydrogen-bond acceptors (Lipinski definition) is 6. The summed E-state index contributed by atoms with van der Waals surface area (Å²) in [6.07, 6.45) is 3.78. The molecule has 1 aliphatic carbocycles. The van der Waals surface area contributed by atoms with Crippen molar-refractivity contribution in [3.8, 4) is 28.5 Å². The molecule has 1 aliphatic rings. The second-order valence-corrected chi connectivity index (χ2v) is 7.19. The molecule has 5 nitrogen and oxygen atoms in total. The number of rotatable bonds is 5. The van der Waals surface area contributed by atoms with E-state index in [1.807, 2.05) is 24.3 Å². The Morgan fingerprint density at radius 3 is 2.70 bits per heavy atom. The number of aryl methyl sites for hydroxylation is 2. The first-order valence-electron chi connectivity index (χ1n) is 8.65. The maximum atomic E-state index is 5.46. The molecule has 0 spiro atoms. The number of hydrogen-bond donors (Lipinski definition) is 0. The first-order chi connectivity index (χ1) is 13.2. The summed E-state index contributed by atoms with van der Waals surface area (Å²) < 4.78 is 16.2. The van der Waals surface area contributed by atoms with Crippen LogP contribution in [0.15, 0.2) is 41.4 Å². The summed E-state index contributed by atoms with van der Waals surface area (Å²) >= 11 is 1.63. The van der Waals surface area contributed by atoms with E-state index in [-0.39, 0.29) is 0 Å². The van der Waals surface area contributed by atoms with Gasteiger partial charge in [-0.3, -0.25) is 0 Å². The zero-order valence-electron chi connectivity index (χ0n) is 15.5. The summed E-state index contributed by atoms with van der Waals surface area (Å²) in [5.41, 5.74) is 4.32. The molecule has 138 valence electrons. The van der Waals surface area contributed by atoms with Gasteiger partial charge in [-0.25, -0.2) is 9.98 Å². The van der Waals surface area contributed by atoms with Gasteiger partial charge in [0, 0.05) is 22.2 Å². The Balaban J connectivity index is 1.68. The van der Waals surface area contributed by atoms with Crippen LogP contribution in [0.1, 0.15) is 16.0 Å². The highest BCUT2D eigenvalue weighted by atomic mass is 32.1. The van der Waals surface area contributed by atoms with Crippen molar-refractivity contribution < 1.29 is 14.2 Å². The fraction of sp³-hybridized carbons (Fsp3) is 0.238. The fourth-order valence-electron chi connectivity index (χ4n) is 3.28. The van der Waals surface area contributed by atoms with Crippen LogP contribution in [-0.2, 0) is 12.8 Å².